The van der Waals surface area contributed by atoms with E-state index < -0.39 is 24.4 Å². The minimum atomic E-state index is -1.03. The second-order valence-electron chi connectivity index (χ2n) is 7.13. The van der Waals surface area contributed by atoms with Crippen molar-refractivity contribution in [2.45, 2.75) is 45.4 Å². The summed E-state index contributed by atoms with van der Waals surface area (Å²) in [7, 11) is 4.00. The van der Waals surface area contributed by atoms with Crippen LogP contribution >= 0.6 is 0 Å². The van der Waals surface area contributed by atoms with Gasteiger partial charge < -0.3 is 28.8 Å². The van der Waals surface area contributed by atoms with E-state index in [9.17, 15) is 4.79 Å². The molecule has 1 N–H and O–H groups in total. The largest absolute Gasteiger partial charge is 0.496 e. The van der Waals surface area contributed by atoms with E-state index in [2.05, 4.69) is 0 Å². The zero-order valence-electron chi connectivity index (χ0n) is 15.9. The number of benzene rings is 1. The maximum atomic E-state index is 11.1. The molecule has 2 rings (SSSR count). The van der Waals surface area contributed by atoms with E-state index in [1.165, 1.54) is 21.3 Å². The standard InChI is InChI=1S/C17H26BNO6/c1-16(2)17(3,4)25-18(24-16)11-8-13(22-6)12(14(9-11)23-7)10-19(5)15(20)21/h8-9H,10H2,1-7H3,(H,20,21). The molecule has 8 heteroatoms. The number of rotatable bonds is 5. The van der Waals surface area contributed by atoms with E-state index in [1.807, 2.05) is 27.7 Å². The van der Waals surface area contributed by atoms with Gasteiger partial charge in [-0.2, -0.15) is 0 Å². The number of ether oxygens (including phenoxy) is 2. The van der Waals surface area contributed by atoms with E-state index in [-0.39, 0.29) is 6.54 Å². The van der Waals surface area contributed by atoms with Crippen LogP contribution < -0.4 is 14.9 Å². The van der Waals surface area contributed by atoms with E-state index in [0.29, 0.717) is 17.1 Å². The summed E-state index contributed by atoms with van der Waals surface area (Å²) in [6, 6.07) is 3.60. The first-order chi connectivity index (χ1) is 11.5. The van der Waals surface area contributed by atoms with Crippen molar-refractivity contribution in [3.05, 3.63) is 17.7 Å². The molecule has 138 valence electrons. The summed E-state index contributed by atoms with van der Waals surface area (Å²) < 4.78 is 23.1. The van der Waals surface area contributed by atoms with Crippen LogP contribution in [0.25, 0.3) is 0 Å². The molecule has 0 radical (unpaired) electrons. The average Bonchev–Trinajstić information content (AvgIpc) is 2.75. The van der Waals surface area contributed by atoms with Gasteiger partial charge in [-0.15, -0.1) is 0 Å². The summed E-state index contributed by atoms with van der Waals surface area (Å²) in [6.07, 6.45) is -1.03. The molecule has 0 bridgehead atoms. The molecule has 0 saturated carbocycles. The van der Waals surface area contributed by atoms with Crippen LogP contribution in [0.4, 0.5) is 4.79 Å². The van der Waals surface area contributed by atoms with E-state index in [1.54, 1.807) is 12.1 Å². The maximum Gasteiger partial charge on any atom is 0.495 e. The molecule has 0 atom stereocenters. The Hall–Kier alpha value is -1.93. The normalized spacial score (nSPS) is 18.1. The monoisotopic (exact) mass is 351 g/mol. The van der Waals surface area contributed by atoms with Gasteiger partial charge in [-0.25, -0.2) is 4.79 Å². The molecule has 1 fully saturated rings. The Morgan fingerprint density at radius 3 is 1.92 bits per heavy atom. The molecule has 0 aliphatic carbocycles. The fourth-order valence-electron chi connectivity index (χ4n) is 2.58. The number of hydrogen-bond acceptors (Lipinski definition) is 5. The average molecular weight is 351 g/mol. The van der Waals surface area contributed by atoms with Gasteiger partial charge in [0.15, 0.2) is 0 Å². The number of carbonyl (C=O) groups is 1. The third-order valence-corrected chi connectivity index (χ3v) is 4.88. The van der Waals surface area contributed by atoms with Gasteiger partial charge in [0, 0.05) is 7.05 Å². The highest BCUT2D eigenvalue weighted by Gasteiger charge is 2.52. The van der Waals surface area contributed by atoms with Gasteiger partial charge in [-0.1, -0.05) is 0 Å². The quantitative estimate of drug-likeness (QED) is 0.819. The molecule has 1 amide bonds. The Morgan fingerprint density at radius 2 is 1.56 bits per heavy atom. The highest BCUT2D eigenvalue weighted by Crippen LogP contribution is 2.37. The number of carboxylic acid groups (broad SMARTS) is 1. The summed E-state index contributed by atoms with van der Waals surface area (Å²) in [5.74, 6) is 1.05. The van der Waals surface area contributed by atoms with Crippen LogP contribution in [0, 0.1) is 0 Å². The first kappa shape index (κ1) is 19.4. The first-order valence-electron chi connectivity index (χ1n) is 8.07. The molecule has 1 aliphatic heterocycles. The van der Waals surface area contributed by atoms with Crippen molar-refractivity contribution in [2.24, 2.45) is 0 Å². The number of methoxy groups -OCH3 is 2. The van der Waals surface area contributed by atoms with Crippen molar-refractivity contribution in [3.8, 4) is 11.5 Å². The lowest BCUT2D eigenvalue weighted by molar-refractivity contribution is 0.00578. The van der Waals surface area contributed by atoms with Crippen molar-refractivity contribution in [3.63, 3.8) is 0 Å². The summed E-state index contributed by atoms with van der Waals surface area (Å²) in [6.45, 7) is 8.08. The first-order valence-corrected chi connectivity index (χ1v) is 8.07. The van der Waals surface area contributed by atoms with Crippen LogP contribution in [0.2, 0.25) is 0 Å². The van der Waals surface area contributed by atoms with E-state index >= 15 is 0 Å². The van der Waals surface area contributed by atoms with Crippen molar-refractivity contribution in [1.82, 2.24) is 4.90 Å². The van der Waals surface area contributed by atoms with E-state index in [4.69, 9.17) is 23.9 Å². The SMILES string of the molecule is COc1cc(B2OC(C)(C)C(C)(C)O2)cc(OC)c1CN(C)C(=O)O. The highest BCUT2D eigenvalue weighted by molar-refractivity contribution is 6.62. The molecule has 7 nitrogen and oxygen atoms in total. The minimum Gasteiger partial charge on any atom is -0.496 e. The minimum absolute atomic E-state index is 0.144. The molecular weight excluding hydrogens is 325 g/mol. The summed E-state index contributed by atoms with van der Waals surface area (Å²) in [5.41, 5.74) is 0.491. The van der Waals surface area contributed by atoms with Gasteiger partial charge in [-0.3, -0.25) is 0 Å². The van der Waals surface area contributed by atoms with Crippen molar-refractivity contribution in [1.29, 1.82) is 0 Å². The lowest BCUT2D eigenvalue weighted by Gasteiger charge is -2.32. The Balaban J connectivity index is 2.41. The number of nitrogens with zero attached hydrogens (tertiary/aromatic N) is 1. The predicted octanol–water partition coefficient (Wildman–Crippen LogP) is 2.11. The van der Waals surface area contributed by atoms with Gasteiger partial charge in [0.05, 0.1) is 37.5 Å². The van der Waals surface area contributed by atoms with Gasteiger partial charge in [0.25, 0.3) is 0 Å². The summed E-state index contributed by atoms with van der Waals surface area (Å²) >= 11 is 0. The molecule has 1 saturated heterocycles. The maximum absolute atomic E-state index is 11.1. The third-order valence-electron chi connectivity index (χ3n) is 4.88. The van der Waals surface area contributed by atoms with Gasteiger partial charge >= 0.3 is 13.2 Å². The molecule has 1 heterocycles. The third kappa shape index (κ3) is 3.69. The van der Waals surface area contributed by atoms with Crippen LogP contribution in [-0.4, -0.2) is 55.7 Å². The van der Waals surface area contributed by atoms with Gasteiger partial charge in [0.1, 0.15) is 11.5 Å². The van der Waals surface area contributed by atoms with Crippen LogP contribution in [0.1, 0.15) is 33.3 Å². The van der Waals surface area contributed by atoms with Gasteiger partial charge in [0.2, 0.25) is 0 Å². The number of amides is 1. The fourth-order valence-corrected chi connectivity index (χ4v) is 2.58. The molecule has 1 aromatic rings. The summed E-state index contributed by atoms with van der Waals surface area (Å²) in [4.78, 5) is 12.3. The predicted molar refractivity (Wildman–Crippen MR) is 94.8 cm³/mol. The zero-order valence-corrected chi connectivity index (χ0v) is 15.9. The molecule has 25 heavy (non-hydrogen) atoms. The summed E-state index contributed by atoms with van der Waals surface area (Å²) in [5, 5.41) is 9.12. The molecule has 0 spiro atoms. The second-order valence-corrected chi connectivity index (χ2v) is 7.13. The fraction of sp³-hybridized carbons (Fsp3) is 0.588. The lowest BCUT2D eigenvalue weighted by Crippen LogP contribution is -2.41. The zero-order chi connectivity index (χ0) is 19.0. The molecule has 1 aromatic carbocycles. The molecule has 0 aromatic heterocycles. The van der Waals surface area contributed by atoms with Crippen LogP contribution in [0.3, 0.4) is 0 Å². The number of hydrogen-bond donors (Lipinski definition) is 1. The second kappa shape index (κ2) is 6.76. The molecular formula is C17H26BNO6. The smallest absolute Gasteiger partial charge is 0.495 e. The Bertz CT molecular complexity index is 620. The molecule has 1 aliphatic rings. The topological polar surface area (TPSA) is 77.5 Å². The van der Waals surface area contributed by atoms with Crippen molar-refractivity contribution in [2.75, 3.05) is 21.3 Å². The lowest BCUT2D eigenvalue weighted by atomic mass is 9.78. The Labute approximate surface area is 149 Å². The van der Waals surface area contributed by atoms with Gasteiger partial charge in [-0.05, 0) is 45.3 Å². The van der Waals surface area contributed by atoms with Crippen molar-refractivity contribution >= 4 is 18.7 Å². The molecule has 0 unspecified atom stereocenters. The highest BCUT2D eigenvalue weighted by atomic mass is 16.7. The van der Waals surface area contributed by atoms with Crippen LogP contribution in [0.5, 0.6) is 11.5 Å². The van der Waals surface area contributed by atoms with Crippen LogP contribution in [-0.2, 0) is 15.9 Å². The van der Waals surface area contributed by atoms with E-state index in [0.717, 1.165) is 10.4 Å². The van der Waals surface area contributed by atoms with Crippen LogP contribution in [0.15, 0.2) is 12.1 Å². The van der Waals surface area contributed by atoms with Crippen molar-refractivity contribution < 1.29 is 28.7 Å². The Morgan fingerprint density at radius 1 is 1.12 bits per heavy atom. The Kier molecular flexibility index (Phi) is 5.25.